The van der Waals surface area contributed by atoms with Crippen LogP contribution in [-0.2, 0) is 11.0 Å². The lowest BCUT2D eigenvalue weighted by atomic mass is 10.0. The Bertz CT molecular complexity index is 2010. The summed E-state index contributed by atoms with van der Waals surface area (Å²) < 4.78 is 73.3. The molecule has 1 N–H and O–H groups in total. The van der Waals surface area contributed by atoms with Crippen LogP contribution in [0.4, 0.5) is 27.6 Å². The van der Waals surface area contributed by atoms with Gasteiger partial charge in [0.1, 0.15) is 28.9 Å². The molecule has 0 radical (unpaired) electrons. The van der Waals surface area contributed by atoms with E-state index in [1.807, 2.05) is 6.07 Å². The van der Waals surface area contributed by atoms with Crippen LogP contribution in [0.3, 0.4) is 0 Å². The second-order valence-corrected chi connectivity index (χ2v) is 11.0. The lowest BCUT2D eigenvalue weighted by molar-refractivity contribution is -0.140. The molecule has 4 heterocycles. The number of alkyl halides is 3. The van der Waals surface area contributed by atoms with Gasteiger partial charge in [0, 0.05) is 37.8 Å². The Morgan fingerprint density at radius 2 is 1.80 bits per heavy atom. The van der Waals surface area contributed by atoms with Crippen molar-refractivity contribution in [2.45, 2.75) is 32.9 Å². The minimum Gasteiger partial charge on any atom is -0.507 e. The number of aromatic hydroxyl groups is 1. The number of hydrogen-bond acceptors (Lipinski definition) is 7. The average Bonchev–Trinajstić information content (AvgIpc) is 3.00. The zero-order valence-electron chi connectivity index (χ0n) is 24.9. The van der Waals surface area contributed by atoms with Gasteiger partial charge >= 0.3 is 6.18 Å². The first-order valence-corrected chi connectivity index (χ1v) is 14.1. The van der Waals surface area contributed by atoms with Gasteiger partial charge in [-0.2, -0.15) is 18.4 Å². The molecule has 14 heteroatoms. The number of carbonyl (C=O) groups is 1. The summed E-state index contributed by atoms with van der Waals surface area (Å²) in [5.74, 6) is -4.88. The third-order valence-electron chi connectivity index (χ3n) is 7.86. The van der Waals surface area contributed by atoms with Crippen LogP contribution < -0.4 is 10.5 Å². The van der Waals surface area contributed by atoms with Gasteiger partial charge in [-0.15, -0.1) is 0 Å². The third-order valence-corrected chi connectivity index (χ3v) is 7.86. The van der Waals surface area contributed by atoms with Crippen molar-refractivity contribution in [2.24, 2.45) is 0 Å². The molecule has 5 rings (SSSR count). The maximum atomic E-state index is 16.0. The van der Waals surface area contributed by atoms with Gasteiger partial charge in [-0.1, -0.05) is 20.4 Å². The summed E-state index contributed by atoms with van der Waals surface area (Å²) >= 11 is 0. The number of nitrogens with zero attached hydrogens (tertiary/aromatic N) is 6. The van der Waals surface area contributed by atoms with Gasteiger partial charge in [0.25, 0.3) is 5.56 Å². The topological polar surface area (TPSA) is 115 Å². The number of benzene rings is 1. The van der Waals surface area contributed by atoms with Gasteiger partial charge in [0.2, 0.25) is 5.91 Å². The molecule has 1 saturated heterocycles. The number of fused-ring (bicyclic) bond motifs is 1. The number of nitriles is 1. The Kier molecular flexibility index (Phi) is 8.29. The number of halogens is 5. The highest BCUT2D eigenvalue weighted by Gasteiger charge is 2.37. The maximum absolute atomic E-state index is 16.0. The van der Waals surface area contributed by atoms with E-state index in [1.165, 1.54) is 11.1 Å². The number of phenolic OH excluding ortho intramolecular Hbond substituents is 1. The normalized spacial score (nSPS) is 13.7. The van der Waals surface area contributed by atoms with E-state index in [9.17, 15) is 33.1 Å². The summed E-state index contributed by atoms with van der Waals surface area (Å²) in [5, 5.41) is 20.7. The molecule has 0 aliphatic carbocycles. The molecule has 0 saturated carbocycles. The highest BCUT2D eigenvalue weighted by Crippen LogP contribution is 2.42. The first-order valence-electron chi connectivity index (χ1n) is 14.1. The second-order valence-electron chi connectivity index (χ2n) is 11.0. The number of amides is 1. The maximum Gasteiger partial charge on any atom is 0.419 e. The van der Waals surface area contributed by atoms with Gasteiger partial charge in [0.05, 0.1) is 28.2 Å². The van der Waals surface area contributed by atoms with Crippen LogP contribution in [0.2, 0.25) is 0 Å². The van der Waals surface area contributed by atoms with Gasteiger partial charge < -0.3 is 14.9 Å². The highest BCUT2D eigenvalue weighted by molar-refractivity contribution is 5.96. The van der Waals surface area contributed by atoms with Crippen LogP contribution in [-0.4, -0.2) is 56.6 Å². The van der Waals surface area contributed by atoms with Gasteiger partial charge in [-0.05, 0) is 48.7 Å². The van der Waals surface area contributed by atoms with Gasteiger partial charge in [-0.25, -0.2) is 13.8 Å². The van der Waals surface area contributed by atoms with Crippen LogP contribution >= 0.6 is 0 Å². The molecule has 1 fully saturated rings. The van der Waals surface area contributed by atoms with E-state index in [0.717, 1.165) is 16.7 Å². The van der Waals surface area contributed by atoms with Crippen molar-refractivity contribution in [3.63, 3.8) is 0 Å². The number of phenols is 1. The van der Waals surface area contributed by atoms with Crippen molar-refractivity contribution in [1.29, 1.82) is 5.26 Å². The molecule has 1 aliphatic rings. The highest BCUT2D eigenvalue weighted by atomic mass is 19.4. The molecule has 46 heavy (non-hydrogen) atoms. The lowest BCUT2D eigenvalue weighted by Gasteiger charge is -2.36. The van der Waals surface area contributed by atoms with E-state index >= 15 is 8.78 Å². The zero-order valence-corrected chi connectivity index (χ0v) is 24.9. The zero-order chi connectivity index (χ0) is 33.7. The van der Waals surface area contributed by atoms with Crippen molar-refractivity contribution < 1.29 is 31.9 Å². The molecule has 0 spiro atoms. The van der Waals surface area contributed by atoms with Crippen molar-refractivity contribution in [1.82, 2.24) is 19.4 Å². The number of aromatic nitrogens is 3. The van der Waals surface area contributed by atoms with Gasteiger partial charge in [0.15, 0.2) is 11.5 Å². The summed E-state index contributed by atoms with van der Waals surface area (Å²) in [4.78, 5) is 38.2. The standard InChI is InChI=1S/C32H27F5N6O3/c1-5-23(45)41-10-12-42(13-11-41)29-18-14-21(33)27(24-22(44)7-6-20(25(24)34)32(35,36)37)40-30(18)43(31(46)19(29)15-38)28-17(4)8-9-39-26(28)16(2)3/h5-9,14,16,44H,1,10-13H2,2-4H3. The van der Waals surface area contributed by atoms with Crippen molar-refractivity contribution in [3.05, 3.63) is 87.5 Å². The van der Waals surface area contributed by atoms with Crippen molar-refractivity contribution in [2.75, 3.05) is 31.1 Å². The molecule has 9 nitrogen and oxygen atoms in total. The van der Waals surface area contributed by atoms with Crippen LogP contribution in [0.15, 0.2) is 47.9 Å². The minimum atomic E-state index is -5.18. The molecule has 1 aliphatic heterocycles. The van der Waals surface area contributed by atoms with Crippen LogP contribution in [0.25, 0.3) is 28.0 Å². The summed E-state index contributed by atoms with van der Waals surface area (Å²) in [7, 11) is 0. The fourth-order valence-corrected chi connectivity index (χ4v) is 5.65. The van der Waals surface area contributed by atoms with E-state index in [0.29, 0.717) is 23.4 Å². The fourth-order valence-electron chi connectivity index (χ4n) is 5.65. The number of carbonyl (C=O) groups excluding carboxylic acids is 1. The van der Waals surface area contributed by atoms with E-state index < -0.39 is 45.9 Å². The smallest absolute Gasteiger partial charge is 0.419 e. The quantitative estimate of drug-likeness (QED) is 0.224. The SMILES string of the molecule is C=CC(=O)N1CCN(c2c(C#N)c(=O)n(-c3c(C)ccnc3C(C)C)c3nc(-c4c(O)ccc(C(F)(F)F)c4F)c(F)cc23)CC1. The first-order chi connectivity index (χ1) is 21.7. The van der Waals surface area contributed by atoms with Crippen molar-refractivity contribution in [3.8, 4) is 28.8 Å². The molecular weight excluding hydrogens is 611 g/mol. The molecule has 3 aromatic heterocycles. The molecule has 0 atom stereocenters. The third kappa shape index (κ3) is 5.31. The second kappa shape index (κ2) is 11.9. The molecule has 1 amide bonds. The molecular formula is C32H27F5N6O3. The van der Waals surface area contributed by atoms with E-state index in [4.69, 9.17) is 0 Å². The lowest BCUT2D eigenvalue weighted by Crippen LogP contribution is -2.49. The monoisotopic (exact) mass is 638 g/mol. The number of anilines is 1. The molecule has 238 valence electrons. The van der Waals surface area contributed by atoms with Gasteiger partial charge in [-0.3, -0.25) is 19.1 Å². The largest absolute Gasteiger partial charge is 0.507 e. The van der Waals surface area contributed by atoms with E-state index in [2.05, 4.69) is 16.5 Å². The van der Waals surface area contributed by atoms with Crippen LogP contribution in [0.1, 0.15) is 42.1 Å². The summed E-state index contributed by atoms with van der Waals surface area (Å²) in [6, 6.07) is 5.27. The van der Waals surface area contributed by atoms with Crippen molar-refractivity contribution >= 4 is 22.6 Å². The molecule has 1 aromatic carbocycles. The number of aryl methyl sites for hydroxylation is 1. The molecule has 4 aromatic rings. The average molecular weight is 639 g/mol. The fraction of sp³-hybridized carbons (Fsp3) is 0.281. The Morgan fingerprint density at radius 1 is 1.13 bits per heavy atom. The Labute approximate surface area is 259 Å². The predicted molar refractivity (Wildman–Crippen MR) is 160 cm³/mol. The van der Waals surface area contributed by atoms with Crippen LogP contribution in [0, 0.1) is 29.9 Å². The predicted octanol–water partition coefficient (Wildman–Crippen LogP) is 5.59. The number of pyridine rings is 3. The summed E-state index contributed by atoms with van der Waals surface area (Å²) in [6.45, 7) is 9.36. The summed E-state index contributed by atoms with van der Waals surface area (Å²) in [6.07, 6.45) is -2.51. The Hall–Kier alpha value is -5.32. The Balaban J connectivity index is 1.91. The first kappa shape index (κ1) is 32.1. The summed E-state index contributed by atoms with van der Waals surface area (Å²) in [5.41, 5.74) is -4.35. The molecule has 0 bridgehead atoms. The van der Waals surface area contributed by atoms with E-state index in [1.54, 1.807) is 31.7 Å². The minimum absolute atomic E-state index is 0.0104. The molecule has 0 unspecified atom stereocenters. The number of piperazine rings is 1. The number of hydrogen-bond donors (Lipinski definition) is 1. The van der Waals surface area contributed by atoms with Crippen LogP contribution in [0.5, 0.6) is 5.75 Å². The van der Waals surface area contributed by atoms with E-state index in [-0.39, 0.29) is 66.0 Å². The Morgan fingerprint density at radius 3 is 2.39 bits per heavy atom. The number of rotatable bonds is 5.